The van der Waals surface area contributed by atoms with Crippen LogP contribution < -0.4 is 5.32 Å². The summed E-state index contributed by atoms with van der Waals surface area (Å²) in [6.07, 6.45) is 5.53. The van der Waals surface area contributed by atoms with E-state index in [-0.39, 0.29) is 17.6 Å². The molecule has 1 aromatic heterocycles. The molecule has 1 N–H and O–H groups in total. The van der Waals surface area contributed by atoms with Gasteiger partial charge in [-0.25, -0.2) is 0 Å². The number of nitrogens with one attached hydrogen (secondary N) is 1. The van der Waals surface area contributed by atoms with Gasteiger partial charge < -0.3 is 14.6 Å². The van der Waals surface area contributed by atoms with E-state index in [0.29, 0.717) is 23.1 Å². The highest BCUT2D eigenvalue weighted by Gasteiger charge is 2.18. The summed E-state index contributed by atoms with van der Waals surface area (Å²) in [7, 11) is 0. The van der Waals surface area contributed by atoms with Gasteiger partial charge in [-0.3, -0.25) is 4.79 Å². The molecule has 5 nitrogen and oxygen atoms in total. The van der Waals surface area contributed by atoms with E-state index < -0.39 is 0 Å². The Morgan fingerprint density at radius 1 is 1.26 bits per heavy atom. The predicted octanol–water partition coefficient (Wildman–Crippen LogP) is 5.20. The number of carbonyl (C=O) groups excluding carboxylic acids is 1. The Balaban J connectivity index is 1.61. The molecule has 1 saturated heterocycles. The van der Waals surface area contributed by atoms with Crippen molar-refractivity contribution in [1.82, 2.24) is 9.88 Å². The molecule has 0 bridgehead atoms. The first-order chi connectivity index (χ1) is 15.0. The number of hydrogen-bond donors (Lipinski definition) is 1. The maximum atomic E-state index is 12.5. The largest absolute Gasteiger partial charge is 0.376 e. The van der Waals surface area contributed by atoms with Crippen molar-refractivity contribution in [3.8, 4) is 6.07 Å². The number of aromatic nitrogens is 1. The number of rotatable bonds is 6. The first kappa shape index (κ1) is 21.5. The molecule has 3 aromatic rings. The van der Waals surface area contributed by atoms with E-state index in [9.17, 15) is 10.1 Å². The minimum absolute atomic E-state index is 0.0250. The average molecular weight is 454 g/mol. The predicted molar refractivity (Wildman–Crippen MR) is 123 cm³/mol. The smallest absolute Gasteiger partial charge is 0.262 e. The molecule has 31 heavy (non-hydrogen) atoms. The van der Waals surface area contributed by atoms with Crippen molar-refractivity contribution in [3.05, 3.63) is 75.4 Å². The van der Waals surface area contributed by atoms with Gasteiger partial charge in [0.05, 0.1) is 16.1 Å². The summed E-state index contributed by atoms with van der Waals surface area (Å²) in [5.41, 5.74) is 2.87. The number of nitriles is 1. The van der Waals surface area contributed by atoms with Crippen molar-refractivity contribution in [2.75, 3.05) is 13.2 Å². The summed E-state index contributed by atoms with van der Waals surface area (Å²) in [6.45, 7) is 1.72. The van der Waals surface area contributed by atoms with Crippen molar-refractivity contribution in [2.24, 2.45) is 0 Å². The molecule has 0 saturated carbocycles. The van der Waals surface area contributed by atoms with Gasteiger partial charge in [0.25, 0.3) is 5.91 Å². The Labute approximate surface area is 190 Å². The van der Waals surface area contributed by atoms with Gasteiger partial charge in [0.15, 0.2) is 0 Å². The second kappa shape index (κ2) is 9.57. The quantitative estimate of drug-likeness (QED) is 0.411. The zero-order valence-corrected chi connectivity index (χ0v) is 18.3. The van der Waals surface area contributed by atoms with Crippen LogP contribution in [0.3, 0.4) is 0 Å². The van der Waals surface area contributed by atoms with Crippen molar-refractivity contribution in [2.45, 2.75) is 25.5 Å². The fourth-order valence-electron chi connectivity index (χ4n) is 3.77. The monoisotopic (exact) mass is 453 g/mol. The molecule has 1 fully saturated rings. The molecule has 1 atom stereocenters. The van der Waals surface area contributed by atoms with Crippen LogP contribution in [-0.2, 0) is 16.1 Å². The van der Waals surface area contributed by atoms with Crippen molar-refractivity contribution in [1.29, 1.82) is 5.26 Å². The lowest BCUT2D eigenvalue weighted by atomic mass is 10.1. The number of ether oxygens (including phenoxy) is 1. The molecule has 0 aliphatic carbocycles. The van der Waals surface area contributed by atoms with Crippen LogP contribution in [0.1, 0.15) is 24.0 Å². The lowest BCUT2D eigenvalue weighted by Gasteiger charge is -2.10. The van der Waals surface area contributed by atoms with E-state index in [4.69, 9.17) is 27.9 Å². The standard InChI is InChI=1S/C24H21Cl2N3O2/c25-21-8-7-16(10-22(21)26)14-29-15-18(20-5-1-2-6-23(20)29)11-17(12-27)24(30)28-13-19-4-3-9-31-19/h1-2,5-8,10-11,15,19H,3-4,9,13-14H2,(H,28,30)/b17-11+/t19-/m0/s1. The van der Waals surface area contributed by atoms with Gasteiger partial charge in [0.2, 0.25) is 0 Å². The summed E-state index contributed by atoms with van der Waals surface area (Å²) >= 11 is 12.2. The van der Waals surface area contributed by atoms with Crippen LogP contribution in [0.25, 0.3) is 17.0 Å². The summed E-state index contributed by atoms with van der Waals surface area (Å²) in [5.74, 6) is -0.390. The number of benzene rings is 2. The first-order valence-corrected chi connectivity index (χ1v) is 10.8. The number of hydrogen-bond acceptors (Lipinski definition) is 3. The van der Waals surface area contributed by atoms with Crippen molar-refractivity contribution >= 4 is 46.1 Å². The maximum Gasteiger partial charge on any atom is 0.262 e. The topological polar surface area (TPSA) is 67.0 Å². The van der Waals surface area contributed by atoms with Gasteiger partial charge in [-0.1, -0.05) is 47.5 Å². The van der Waals surface area contributed by atoms with E-state index in [1.54, 1.807) is 12.1 Å². The third kappa shape index (κ3) is 4.94. The number of amides is 1. The van der Waals surface area contributed by atoms with E-state index in [2.05, 4.69) is 9.88 Å². The van der Waals surface area contributed by atoms with Crippen LogP contribution in [0.15, 0.2) is 54.2 Å². The molecule has 1 amide bonds. The number of nitrogens with zero attached hydrogens (tertiary/aromatic N) is 2. The van der Waals surface area contributed by atoms with Gasteiger partial charge in [-0.2, -0.15) is 5.26 Å². The molecule has 0 spiro atoms. The van der Waals surface area contributed by atoms with Crippen LogP contribution in [0, 0.1) is 11.3 Å². The van der Waals surface area contributed by atoms with Gasteiger partial charge >= 0.3 is 0 Å². The maximum absolute atomic E-state index is 12.5. The molecule has 2 heterocycles. The van der Waals surface area contributed by atoms with Crippen LogP contribution >= 0.6 is 23.2 Å². The fourth-order valence-corrected chi connectivity index (χ4v) is 4.09. The number of halogens is 2. The molecule has 1 aliphatic rings. The van der Waals surface area contributed by atoms with E-state index in [1.165, 1.54) is 0 Å². The molecular weight excluding hydrogens is 433 g/mol. The minimum Gasteiger partial charge on any atom is -0.376 e. The van der Waals surface area contributed by atoms with Crippen LogP contribution in [0.5, 0.6) is 0 Å². The molecule has 1 aliphatic heterocycles. The molecule has 158 valence electrons. The second-order valence-corrected chi connectivity index (χ2v) is 8.31. The Kier molecular flexibility index (Phi) is 6.62. The van der Waals surface area contributed by atoms with Gasteiger partial charge in [-0.05, 0) is 42.7 Å². The Hall–Kier alpha value is -2.78. The van der Waals surface area contributed by atoms with Crippen LogP contribution in [-0.4, -0.2) is 29.7 Å². The first-order valence-electron chi connectivity index (χ1n) is 10.1. The Morgan fingerprint density at radius 2 is 2.10 bits per heavy atom. The lowest BCUT2D eigenvalue weighted by molar-refractivity contribution is -0.117. The SMILES string of the molecule is N#C/C(=C\c1cn(Cc2ccc(Cl)c(Cl)c2)c2ccccc12)C(=O)NC[C@@H]1CCCO1. The Morgan fingerprint density at radius 3 is 2.84 bits per heavy atom. The summed E-state index contributed by atoms with van der Waals surface area (Å²) in [6, 6.07) is 15.5. The van der Waals surface area contributed by atoms with Crippen molar-refractivity contribution < 1.29 is 9.53 Å². The highest BCUT2D eigenvalue weighted by Crippen LogP contribution is 2.27. The van der Waals surface area contributed by atoms with Gasteiger partial charge in [-0.15, -0.1) is 0 Å². The van der Waals surface area contributed by atoms with Crippen molar-refractivity contribution in [3.63, 3.8) is 0 Å². The minimum atomic E-state index is -0.390. The summed E-state index contributed by atoms with van der Waals surface area (Å²) < 4.78 is 7.60. The number of carbonyl (C=O) groups is 1. The van der Waals surface area contributed by atoms with Gasteiger partial charge in [0, 0.05) is 42.4 Å². The third-order valence-corrected chi connectivity index (χ3v) is 6.07. The highest BCUT2D eigenvalue weighted by molar-refractivity contribution is 6.42. The molecule has 0 radical (unpaired) electrons. The molecular formula is C24H21Cl2N3O2. The molecule has 2 aromatic carbocycles. The highest BCUT2D eigenvalue weighted by atomic mass is 35.5. The number of fused-ring (bicyclic) bond motifs is 1. The van der Waals surface area contributed by atoms with Crippen LogP contribution in [0.2, 0.25) is 10.0 Å². The fraction of sp³-hybridized carbons (Fsp3) is 0.250. The van der Waals surface area contributed by atoms with Crippen LogP contribution in [0.4, 0.5) is 0 Å². The van der Waals surface area contributed by atoms with E-state index in [0.717, 1.165) is 41.5 Å². The zero-order valence-electron chi connectivity index (χ0n) is 16.8. The molecule has 7 heteroatoms. The average Bonchev–Trinajstić information content (AvgIpc) is 3.41. The van der Waals surface area contributed by atoms with E-state index >= 15 is 0 Å². The summed E-state index contributed by atoms with van der Waals surface area (Å²) in [5, 5.41) is 14.4. The normalized spacial score (nSPS) is 16.4. The lowest BCUT2D eigenvalue weighted by Crippen LogP contribution is -2.32. The summed E-state index contributed by atoms with van der Waals surface area (Å²) in [4.78, 5) is 12.5. The zero-order chi connectivity index (χ0) is 21.8. The molecule has 0 unspecified atom stereocenters. The van der Waals surface area contributed by atoms with E-state index in [1.807, 2.05) is 48.7 Å². The second-order valence-electron chi connectivity index (χ2n) is 7.49. The number of para-hydroxylation sites is 1. The van der Waals surface area contributed by atoms with Gasteiger partial charge in [0.1, 0.15) is 11.6 Å². The Bertz CT molecular complexity index is 1190. The molecule has 4 rings (SSSR count). The third-order valence-electron chi connectivity index (χ3n) is 5.34.